The lowest BCUT2D eigenvalue weighted by Gasteiger charge is -2.61. The second-order valence-electron chi connectivity index (χ2n) is 10.1. The topological polar surface area (TPSA) is 43.4 Å². The number of carbonyl (C=O) groups is 2. The molecule has 0 aromatic rings. The summed E-state index contributed by atoms with van der Waals surface area (Å²) >= 11 is 0. The molecule has 3 fully saturated rings. The van der Waals surface area contributed by atoms with Crippen LogP contribution < -0.4 is 0 Å². The van der Waals surface area contributed by atoms with Crippen molar-refractivity contribution in [3.63, 3.8) is 0 Å². The molecule has 4 rings (SSSR count). The van der Waals surface area contributed by atoms with Crippen molar-refractivity contribution >= 4 is 11.8 Å². The molecule has 26 heavy (non-hydrogen) atoms. The molecule has 3 saturated carbocycles. The number of esters is 1. The summed E-state index contributed by atoms with van der Waals surface area (Å²) in [5, 5.41) is 0. The van der Waals surface area contributed by atoms with Crippen molar-refractivity contribution in [2.24, 2.45) is 34.5 Å². The zero-order valence-electron chi connectivity index (χ0n) is 16.8. The van der Waals surface area contributed by atoms with Gasteiger partial charge in [-0.1, -0.05) is 19.9 Å². The van der Waals surface area contributed by atoms with Crippen LogP contribution in [0.5, 0.6) is 0 Å². The third-order valence-electron chi connectivity index (χ3n) is 8.89. The van der Waals surface area contributed by atoms with Gasteiger partial charge in [-0.25, -0.2) is 0 Å². The quantitative estimate of drug-likeness (QED) is 0.614. The molecule has 0 saturated heterocycles. The van der Waals surface area contributed by atoms with E-state index in [1.807, 2.05) is 6.92 Å². The van der Waals surface area contributed by atoms with Gasteiger partial charge in [-0.3, -0.25) is 9.59 Å². The van der Waals surface area contributed by atoms with Crippen LogP contribution in [-0.4, -0.2) is 17.9 Å². The molecule has 0 spiro atoms. The zero-order chi connectivity index (χ0) is 18.7. The van der Waals surface area contributed by atoms with Gasteiger partial charge >= 0.3 is 5.97 Å². The van der Waals surface area contributed by atoms with Gasteiger partial charge in [0.05, 0.1) is 0 Å². The van der Waals surface area contributed by atoms with Crippen molar-refractivity contribution in [3.05, 3.63) is 11.6 Å². The molecule has 4 aliphatic carbocycles. The van der Waals surface area contributed by atoms with Crippen molar-refractivity contribution < 1.29 is 14.3 Å². The number of carbonyl (C=O) groups excluding carboxylic acids is 2. The molecule has 144 valence electrons. The van der Waals surface area contributed by atoms with E-state index >= 15 is 0 Å². The molecule has 0 bridgehead atoms. The summed E-state index contributed by atoms with van der Waals surface area (Å²) in [6, 6.07) is 0. The number of rotatable bonds is 1. The molecule has 0 heterocycles. The summed E-state index contributed by atoms with van der Waals surface area (Å²) < 4.78 is 5.56. The maximum atomic E-state index is 12.9. The summed E-state index contributed by atoms with van der Waals surface area (Å²) in [6.07, 6.45) is 11.4. The van der Waals surface area contributed by atoms with Gasteiger partial charge in [0.1, 0.15) is 6.10 Å². The number of hydrogen-bond donors (Lipinski definition) is 0. The normalized spacial score (nSPS) is 47.9. The highest BCUT2D eigenvalue weighted by Crippen LogP contribution is 2.64. The Bertz CT molecular complexity index is 650. The van der Waals surface area contributed by atoms with Crippen LogP contribution in [0.4, 0.5) is 0 Å². The Balaban J connectivity index is 1.57. The second kappa shape index (κ2) is 6.21. The fraction of sp³-hybridized carbons (Fsp3) is 0.826. The van der Waals surface area contributed by atoms with Gasteiger partial charge in [0.2, 0.25) is 0 Å². The summed E-state index contributed by atoms with van der Waals surface area (Å²) in [4.78, 5) is 24.3. The van der Waals surface area contributed by atoms with E-state index in [1.165, 1.54) is 32.6 Å². The highest BCUT2D eigenvalue weighted by Gasteiger charge is 2.59. The predicted octanol–water partition coefficient (Wildman–Crippen LogP) is 5.09. The molecule has 7 unspecified atom stereocenters. The van der Waals surface area contributed by atoms with Crippen LogP contribution in [0.15, 0.2) is 11.6 Å². The Kier molecular flexibility index (Phi) is 4.36. The number of ether oxygens (including phenoxy) is 1. The number of ketones is 1. The van der Waals surface area contributed by atoms with Gasteiger partial charge in [-0.2, -0.15) is 0 Å². The zero-order valence-corrected chi connectivity index (χ0v) is 16.8. The monoisotopic (exact) mass is 358 g/mol. The summed E-state index contributed by atoms with van der Waals surface area (Å²) in [5.41, 5.74) is 1.22. The standard InChI is InChI=1S/C23H34O3/c1-14-5-8-19-18-7-6-16-13-17(26-15(2)24)9-11-22(16,3)20(18)10-12-23(19,4)21(14)25/h5,16-20H,6-13H2,1-4H3. The first kappa shape index (κ1) is 18.3. The average Bonchev–Trinajstić information content (AvgIpc) is 2.58. The highest BCUT2D eigenvalue weighted by molar-refractivity contribution is 6.00. The average molecular weight is 359 g/mol. The number of allylic oxidation sites excluding steroid dienone is 2. The second-order valence-corrected chi connectivity index (χ2v) is 10.1. The van der Waals surface area contributed by atoms with E-state index in [1.54, 1.807) is 0 Å². The van der Waals surface area contributed by atoms with E-state index in [0.29, 0.717) is 29.0 Å². The molecule has 0 aliphatic heterocycles. The van der Waals surface area contributed by atoms with E-state index in [-0.39, 0.29) is 17.5 Å². The van der Waals surface area contributed by atoms with E-state index in [2.05, 4.69) is 19.9 Å². The molecule has 0 aromatic heterocycles. The van der Waals surface area contributed by atoms with Crippen molar-refractivity contribution in [2.45, 2.75) is 85.2 Å². The first-order valence-corrected chi connectivity index (χ1v) is 10.6. The summed E-state index contributed by atoms with van der Waals surface area (Å²) in [7, 11) is 0. The SMILES string of the molecule is CC(=O)OC1CCC2(C)C(CCC3C4CC=C(C)C(=O)C4(C)CCC32)C1. The fourth-order valence-electron chi connectivity index (χ4n) is 7.44. The maximum Gasteiger partial charge on any atom is 0.302 e. The molecule has 4 aliphatic rings. The van der Waals surface area contributed by atoms with Crippen LogP contribution in [0.25, 0.3) is 0 Å². The lowest BCUT2D eigenvalue weighted by atomic mass is 9.43. The van der Waals surface area contributed by atoms with Gasteiger partial charge in [0.25, 0.3) is 0 Å². The van der Waals surface area contributed by atoms with Crippen LogP contribution in [0, 0.1) is 34.5 Å². The molecule has 0 amide bonds. The van der Waals surface area contributed by atoms with Gasteiger partial charge in [0.15, 0.2) is 5.78 Å². The molecule has 3 heteroatoms. The van der Waals surface area contributed by atoms with Crippen molar-refractivity contribution in [3.8, 4) is 0 Å². The van der Waals surface area contributed by atoms with Gasteiger partial charge in [-0.15, -0.1) is 0 Å². The number of hydrogen-bond acceptors (Lipinski definition) is 3. The lowest BCUT2D eigenvalue weighted by Crippen LogP contribution is -2.56. The first-order chi connectivity index (χ1) is 12.3. The summed E-state index contributed by atoms with van der Waals surface area (Å²) in [6.45, 7) is 8.29. The molecular weight excluding hydrogens is 324 g/mol. The van der Waals surface area contributed by atoms with Crippen molar-refractivity contribution in [1.82, 2.24) is 0 Å². The van der Waals surface area contributed by atoms with Crippen LogP contribution >= 0.6 is 0 Å². The smallest absolute Gasteiger partial charge is 0.302 e. The number of fused-ring (bicyclic) bond motifs is 5. The minimum Gasteiger partial charge on any atom is -0.463 e. The van der Waals surface area contributed by atoms with Crippen LogP contribution in [0.2, 0.25) is 0 Å². The molecule has 0 aromatic carbocycles. The summed E-state index contributed by atoms with van der Waals surface area (Å²) in [5.74, 6) is 2.90. The third-order valence-corrected chi connectivity index (χ3v) is 8.89. The first-order valence-electron chi connectivity index (χ1n) is 10.6. The molecule has 7 atom stereocenters. The Labute approximate surface area is 157 Å². The van der Waals surface area contributed by atoms with Crippen molar-refractivity contribution in [1.29, 1.82) is 0 Å². The van der Waals surface area contributed by atoms with Gasteiger partial charge in [-0.05, 0) is 93.0 Å². The van der Waals surface area contributed by atoms with Gasteiger partial charge < -0.3 is 4.74 Å². The molecule has 3 nitrogen and oxygen atoms in total. The van der Waals surface area contributed by atoms with E-state index in [9.17, 15) is 9.59 Å². The Morgan fingerprint density at radius 2 is 1.88 bits per heavy atom. The molecular formula is C23H34O3. The van der Waals surface area contributed by atoms with E-state index in [0.717, 1.165) is 37.2 Å². The van der Waals surface area contributed by atoms with Gasteiger partial charge in [0, 0.05) is 12.3 Å². The minimum absolute atomic E-state index is 0.123. The Morgan fingerprint density at radius 1 is 1.12 bits per heavy atom. The highest BCUT2D eigenvalue weighted by atomic mass is 16.5. The largest absolute Gasteiger partial charge is 0.463 e. The Morgan fingerprint density at radius 3 is 2.62 bits per heavy atom. The lowest BCUT2D eigenvalue weighted by molar-refractivity contribution is -0.162. The number of Topliss-reactive ketones (excluding diaryl/α,β-unsaturated/α-hetero) is 1. The third kappa shape index (κ3) is 2.60. The van der Waals surface area contributed by atoms with Crippen LogP contribution in [0.1, 0.15) is 79.1 Å². The molecule has 0 N–H and O–H groups in total. The van der Waals surface area contributed by atoms with E-state index in [4.69, 9.17) is 4.74 Å². The minimum atomic E-state index is -0.136. The molecule has 0 radical (unpaired) electrons. The predicted molar refractivity (Wildman–Crippen MR) is 101 cm³/mol. The van der Waals surface area contributed by atoms with Crippen LogP contribution in [0.3, 0.4) is 0 Å². The van der Waals surface area contributed by atoms with E-state index < -0.39 is 0 Å². The van der Waals surface area contributed by atoms with Crippen LogP contribution in [-0.2, 0) is 14.3 Å². The van der Waals surface area contributed by atoms with Crippen molar-refractivity contribution in [2.75, 3.05) is 0 Å². The Hall–Kier alpha value is -1.12. The maximum absolute atomic E-state index is 12.9. The fourth-order valence-corrected chi connectivity index (χ4v) is 7.44.